The van der Waals surface area contributed by atoms with Crippen LogP contribution >= 0.6 is 0 Å². The van der Waals surface area contributed by atoms with Crippen molar-refractivity contribution >= 4 is 0 Å². The minimum Gasteiger partial charge on any atom is -0.393 e. The Morgan fingerprint density at radius 3 is 2.09 bits per heavy atom. The molecule has 0 saturated carbocycles. The van der Waals surface area contributed by atoms with E-state index in [4.69, 9.17) is 0 Å². The minimum atomic E-state index is -0.727. The van der Waals surface area contributed by atoms with Gasteiger partial charge in [0.05, 0.1) is 11.7 Å². The van der Waals surface area contributed by atoms with Crippen LogP contribution in [0.2, 0.25) is 0 Å². The summed E-state index contributed by atoms with van der Waals surface area (Å²) >= 11 is 0. The van der Waals surface area contributed by atoms with Crippen LogP contribution in [-0.4, -0.2) is 21.9 Å². The molecule has 2 heteroatoms. The van der Waals surface area contributed by atoms with E-state index in [0.29, 0.717) is 12.8 Å². The van der Waals surface area contributed by atoms with Gasteiger partial charge in [0, 0.05) is 5.92 Å². The van der Waals surface area contributed by atoms with Gasteiger partial charge in [-0.1, -0.05) is 20.8 Å². The van der Waals surface area contributed by atoms with Gasteiger partial charge in [-0.25, -0.2) is 0 Å². The largest absolute Gasteiger partial charge is 0.393 e. The van der Waals surface area contributed by atoms with Crippen molar-refractivity contribution in [1.82, 2.24) is 0 Å². The Labute approximate surface area is 69.2 Å². The zero-order chi connectivity index (χ0) is 9.07. The second-order valence-electron chi connectivity index (χ2n) is 3.47. The van der Waals surface area contributed by atoms with E-state index in [1.54, 1.807) is 6.92 Å². The standard InChI is InChI=1S/C9H20O2/c1-5-8(10)7(3)9(4,11)6-2/h7-8,10-11H,5-6H2,1-4H3/t7-,8+,9+/m1/s1. The molecule has 0 unspecified atom stereocenters. The van der Waals surface area contributed by atoms with Gasteiger partial charge in [-0.2, -0.15) is 0 Å². The molecule has 0 heterocycles. The Kier molecular flexibility index (Phi) is 4.04. The molecule has 2 nitrogen and oxygen atoms in total. The van der Waals surface area contributed by atoms with Crippen molar-refractivity contribution in [2.45, 2.75) is 52.2 Å². The van der Waals surface area contributed by atoms with E-state index in [0.717, 1.165) is 0 Å². The summed E-state index contributed by atoms with van der Waals surface area (Å²) in [6, 6.07) is 0. The van der Waals surface area contributed by atoms with Crippen LogP contribution in [0, 0.1) is 5.92 Å². The first-order chi connectivity index (χ1) is 4.95. The van der Waals surface area contributed by atoms with E-state index in [9.17, 15) is 10.2 Å². The average Bonchev–Trinajstić information content (AvgIpc) is 2.01. The van der Waals surface area contributed by atoms with Crippen LogP contribution in [0.25, 0.3) is 0 Å². The normalized spacial score (nSPS) is 22.4. The molecule has 0 aliphatic heterocycles. The van der Waals surface area contributed by atoms with Gasteiger partial charge >= 0.3 is 0 Å². The molecule has 11 heavy (non-hydrogen) atoms. The lowest BCUT2D eigenvalue weighted by atomic mass is 9.83. The molecule has 0 aliphatic carbocycles. The molecule has 0 aliphatic rings. The summed E-state index contributed by atoms with van der Waals surface area (Å²) in [6.45, 7) is 7.51. The molecule has 0 fully saturated rings. The lowest BCUT2D eigenvalue weighted by molar-refractivity contribution is -0.0539. The van der Waals surface area contributed by atoms with Crippen molar-refractivity contribution < 1.29 is 10.2 Å². The van der Waals surface area contributed by atoms with E-state index in [2.05, 4.69) is 0 Å². The van der Waals surface area contributed by atoms with Crippen LogP contribution in [0.1, 0.15) is 40.5 Å². The van der Waals surface area contributed by atoms with Crippen LogP contribution in [0.15, 0.2) is 0 Å². The highest BCUT2D eigenvalue weighted by Crippen LogP contribution is 2.24. The topological polar surface area (TPSA) is 40.5 Å². The third kappa shape index (κ3) is 2.80. The Balaban J connectivity index is 4.10. The maximum Gasteiger partial charge on any atom is 0.0667 e. The van der Waals surface area contributed by atoms with Crippen molar-refractivity contribution in [2.75, 3.05) is 0 Å². The molecule has 0 spiro atoms. The second kappa shape index (κ2) is 4.07. The van der Waals surface area contributed by atoms with E-state index in [1.807, 2.05) is 20.8 Å². The minimum absolute atomic E-state index is 0.0440. The fourth-order valence-corrected chi connectivity index (χ4v) is 1.09. The summed E-state index contributed by atoms with van der Waals surface area (Å²) in [7, 11) is 0. The van der Waals surface area contributed by atoms with E-state index in [1.165, 1.54) is 0 Å². The Bertz CT molecular complexity index is 110. The maximum absolute atomic E-state index is 9.73. The third-order valence-electron chi connectivity index (χ3n) is 2.69. The summed E-state index contributed by atoms with van der Waals surface area (Å²) in [5.41, 5.74) is -0.727. The van der Waals surface area contributed by atoms with E-state index >= 15 is 0 Å². The van der Waals surface area contributed by atoms with Gasteiger partial charge in [-0.05, 0) is 19.8 Å². The molecule has 0 saturated heterocycles. The van der Waals surface area contributed by atoms with Crippen LogP contribution in [-0.2, 0) is 0 Å². The zero-order valence-electron chi connectivity index (χ0n) is 7.96. The third-order valence-corrected chi connectivity index (χ3v) is 2.69. The van der Waals surface area contributed by atoms with Crippen LogP contribution in [0.3, 0.4) is 0 Å². The Hall–Kier alpha value is -0.0800. The van der Waals surface area contributed by atoms with Crippen molar-refractivity contribution in [3.63, 3.8) is 0 Å². The van der Waals surface area contributed by atoms with Crippen molar-refractivity contribution in [3.8, 4) is 0 Å². The molecular formula is C9H20O2. The number of rotatable bonds is 4. The Morgan fingerprint density at radius 2 is 1.82 bits per heavy atom. The summed E-state index contributed by atoms with van der Waals surface area (Å²) < 4.78 is 0. The lowest BCUT2D eigenvalue weighted by Gasteiger charge is -2.32. The number of hydrogen-bond acceptors (Lipinski definition) is 2. The molecule has 0 bridgehead atoms. The van der Waals surface area contributed by atoms with Gasteiger partial charge in [0.1, 0.15) is 0 Å². The fraction of sp³-hybridized carbons (Fsp3) is 1.00. The monoisotopic (exact) mass is 160 g/mol. The molecule has 0 radical (unpaired) electrons. The maximum atomic E-state index is 9.73. The first kappa shape index (κ1) is 10.9. The molecule has 0 aromatic heterocycles. The van der Waals surface area contributed by atoms with Gasteiger partial charge in [0.25, 0.3) is 0 Å². The highest BCUT2D eigenvalue weighted by molar-refractivity contribution is 4.81. The molecule has 0 aromatic carbocycles. The summed E-state index contributed by atoms with van der Waals surface area (Å²) in [5, 5.41) is 19.2. The lowest BCUT2D eigenvalue weighted by Crippen LogP contribution is -2.39. The number of aliphatic hydroxyl groups is 2. The highest BCUT2D eigenvalue weighted by Gasteiger charge is 2.30. The van der Waals surface area contributed by atoms with Gasteiger partial charge in [0.15, 0.2) is 0 Å². The van der Waals surface area contributed by atoms with Gasteiger partial charge in [-0.3, -0.25) is 0 Å². The first-order valence-corrected chi connectivity index (χ1v) is 4.36. The number of hydrogen-bond donors (Lipinski definition) is 2. The van der Waals surface area contributed by atoms with Crippen LogP contribution in [0.5, 0.6) is 0 Å². The molecular weight excluding hydrogens is 140 g/mol. The SMILES string of the molecule is CC[C@H](O)[C@@H](C)[C@@](C)(O)CC. The smallest absolute Gasteiger partial charge is 0.0667 e. The second-order valence-corrected chi connectivity index (χ2v) is 3.47. The van der Waals surface area contributed by atoms with E-state index < -0.39 is 5.60 Å². The Morgan fingerprint density at radius 1 is 1.36 bits per heavy atom. The summed E-state index contributed by atoms with van der Waals surface area (Å²) in [5.74, 6) is -0.0440. The zero-order valence-corrected chi connectivity index (χ0v) is 7.96. The predicted octanol–water partition coefficient (Wildman–Crippen LogP) is 1.55. The highest BCUT2D eigenvalue weighted by atomic mass is 16.3. The summed E-state index contributed by atoms with van der Waals surface area (Å²) in [4.78, 5) is 0. The predicted molar refractivity (Wildman–Crippen MR) is 46.4 cm³/mol. The molecule has 68 valence electrons. The van der Waals surface area contributed by atoms with Crippen LogP contribution < -0.4 is 0 Å². The van der Waals surface area contributed by atoms with Gasteiger partial charge in [0.2, 0.25) is 0 Å². The van der Waals surface area contributed by atoms with Crippen LogP contribution in [0.4, 0.5) is 0 Å². The quantitative estimate of drug-likeness (QED) is 0.655. The molecule has 0 rings (SSSR count). The fourth-order valence-electron chi connectivity index (χ4n) is 1.09. The molecule has 3 atom stereocenters. The molecule has 2 N–H and O–H groups in total. The number of aliphatic hydroxyl groups excluding tert-OH is 1. The average molecular weight is 160 g/mol. The van der Waals surface area contributed by atoms with Crippen molar-refractivity contribution in [2.24, 2.45) is 5.92 Å². The van der Waals surface area contributed by atoms with E-state index in [-0.39, 0.29) is 12.0 Å². The van der Waals surface area contributed by atoms with Crippen molar-refractivity contribution in [1.29, 1.82) is 0 Å². The van der Waals surface area contributed by atoms with Gasteiger partial charge < -0.3 is 10.2 Å². The molecule has 0 amide bonds. The molecule has 0 aromatic rings. The first-order valence-electron chi connectivity index (χ1n) is 4.36. The summed E-state index contributed by atoms with van der Waals surface area (Å²) in [6.07, 6.45) is 1.01. The van der Waals surface area contributed by atoms with Crippen molar-refractivity contribution in [3.05, 3.63) is 0 Å². The van der Waals surface area contributed by atoms with Gasteiger partial charge in [-0.15, -0.1) is 0 Å².